The van der Waals surface area contributed by atoms with Crippen molar-refractivity contribution in [3.8, 4) is 0 Å². The summed E-state index contributed by atoms with van der Waals surface area (Å²) in [5.41, 5.74) is 4.35. The van der Waals surface area contributed by atoms with Gasteiger partial charge in [-0.3, -0.25) is 20.4 Å². The Morgan fingerprint density at radius 1 is 1.12 bits per heavy atom. The number of carbonyl (C=O) groups is 2. The highest BCUT2D eigenvalue weighted by atomic mass is 35.5. The third kappa shape index (κ3) is 5.07. The lowest BCUT2D eigenvalue weighted by atomic mass is 10.1. The SMILES string of the molecule is CC(C)[C@H](NS(=O)(=O)c1cccc(Cl)c1)C(=O)NNC(=O)c1ccco1. The Bertz CT molecular complexity index is 881. The zero-order chi connectivity index (χ0) is 19.3. The summed E-state index contributed by atoms with van der Waals surface area (Å²) in [5, 5.41) is 0.254. The molecule has 0 bridgehead atoms. The van der Waals surface area contributed by atoms with Gasteiger partial charge in [0.05, 0.1) is 11.2 Å². The Labute approximate surface area is 155 Å². The molecular formula is C16H18ClN3O5S. The van der Waals surface area contributed by atoms with Crippen LogP contribution in [0.25, 0.3) is 0 Å². The second-order valence-electron chi connectivity index (χ2n) is 5.72. The summed E-state index contributed by atoms with van der Waals surface area (Å²) < 4.78 is 32.2. The van der Waals surface area contributed by atoms with Crippen molar-refractivity contribution >= 4 is 33.4 Å². The molecule has 1 heterocycles. The van der Waals surface area contributed by atoms with Crippen LogP contribution in [0.5, 0.6) is 0 Å². The van der Waals surface area contributed by atoms with E-state index in [2.05, 4.69) is 15.6 Å². The summed E-state index contributed by atoms with van der Waals surface area (Å²) in [5.74, 6) is -1.76. The van der Waals surface area contributed by atoms with E-state index in [1.807, 2.05) is 0 Å². The molecule has 1 aromatic heterocycles. The molecule has 0 radical (unpaired) electrons. The van der Waals surface area contributed by atoms with Gasteiger partial charge in [0.2, 0.25) is 10.0 Å². The van der Waals surface area contributed by atoms with Crippen LogP contribution in [0.1, 0.15) is 24.4 Å². The molecule has 0 unspecified atom stereocenters. The Kier molecular flexibility index (Phi) is 6.41. The molecule has 0 saturated carbocycles. The first kappa shape index (κ1) is 20.0. The molecule has 26 heavy (non-hydrogen) atoms. The molecule has 3 N–H and O–H groups in total. The van der Waals surface area contributed by atoms with E-state index in [4.69, 9.17) is 16.0 Å². The van der Waals surface area contributed by atoms with E-state index in [1.54, 1.807) is 13.8 Å². The van der Waals surface area contributed by atoms with Crippen LogP contribution < -0.4 is 15.6 Å². The molecule has 2 aromatic rings. The average molecular weight is 400 g/mol. The predicted octanol–water partition coefficient (Wildman–Crippen LogP) is 1.70. The van der Waals surface area contributed by atoms with E-state index < -0.39 is 27.9 Å². The fourth-order valence-electron chi connectivity index (χ4n) is 2.03. The molecule has 10 heteroatoms. The van der Waals surface area contributed by atoms with Crippen LogP contribution in [0.2, 0.25) is 5.02 Å². The topological polar surface area (TPSA) is 118 Å². The lowest BCUT2D eigenvalue weighted by molar-refractivity contribution is -0.124. The van der Waals surface area contributed by atoms with E-state index in [-0.39, 0.29) is 21.6 Å². The first-order valence-corrected chi connectivity index (χ1v) is 9.48. The Morgan fingerprint density at radius 3 is 2.42 bits per heavy atom. The second kappa shape index (κ2) is 8.35. The van der Waals surface area contributed by atoms with Gasteiger partial charge in [-0.1, -0.05) is 31.5 Å². The molecule has 0 aliphatic carbocycles. The van der Waals surface area contributed by atoms with Crippen molar-refractivity contribution in [1.29, 1.82) is 0 Å². The first-order chi connectivity index (χ1) is 12.2. The van der Waals surface area contributed by atoms with E-state index in [9.17, 15) is 18.0 Å². The minimum Gasteiger partial charge on any atom is -0.459 e. The Hall–Kier alpha value is -2.36. The summed E-state index contributed by atoms with van der Waals surface area (Å²) >= 11 is 5.82. The number of hydrazine groups is 1. The van der Waals surface area contributed by atoms with Gasteiger partial charge in [0.1, 0.15) is 6.04 Å². The lowest BCUT2D eigenvalue weighted by Crippen LogP contribution is -2.54. The van der Waals surface area contributed by atoms with Gasteiger partial charge in [-0.05, 0) is 36.2 Å². The molecule has 0 spiro atoms. The van der Waals surface area contributed by atoms with Crippen LogP contribution in [-0.4, -0.2) is 26.3 Å². The highest BCUT2D eigenvalue weighted by Gasteiger charge is 2.29. The normalized spacial score (nSPS) is 12.6. The van der Waals surface area contributed by atoms with Crippen LogP contribution in [0.15, 0.2) is 52.0 Å². The number of nitrogens with one attached hydrogen (secondary N) is 3. The summed E-state index contributed by atoms with van der Waals surface area (Å²) in [4.78, 5) is 24.0. The third-order valence-electron chi connectivity index (χ3n) is 3.38. The number of sulfonamides is 1. The van der Waals surface area contributed by atoms with Crippen molar-refractivity contribution in [1.82, 2.24) is 15.6 Å². The summed E-state index contributed by atoms with van der Waals surface area (Å²) in [6, 6.07) is 7.49. The molecule has 0 aliphatic heterocycles. The van der Waals surface area contributed by atoms with E-state index in [1.165, 1.54) is 42.7 Å². The van der Waals surface area contributed by atoms with Gasteiger partial charge in [-0.2, -0.15) is 4.72 Å². The standard InChI is InChI=1S/C16H18ClN3O5S/c1-10(2)14(16(22)19-18-15(21)13-7-4-8-25-13)20-26(23,24)12-6-3-5-11(17)9-12/h3-10,14,20H,1-2H3,(H,18,21)(H,19,22)/t14-/m0/s1. The zero-order valence-corrected chi connectivity index (χ0v) is 15.6. The average Bonchev–Trinajstić information content (AvgIpc) is 3.11. The molecule has 1 aromatic carbocycles. The highest BCUT2D eigenvalue weighted by molar-refractivity contribution is 7.89. The largest absolute Gasteiger partial charge is 0.459 e. The van der Waals surface area contributed by atoms with Gasteiger partial charge in [0.25, 0.3) is 5.91 Å². The number of hydrogen-bond acceptors (Lipinski definition) is 5. The van der Waals surface area contributed by atoms with Gasteiger partial charge in [-0.25, -0.2) is 8.42 Å². The van der Waals surface area contributed by atoms with Crippen molar-refractivity contribution in [2.45, 2.75) is 24.8 Å². The third-order valence-corrected chi connectivity index (χ3v) is 5.06. The first-order valence-electron chi connectivity index (χ1n) is 7.62. The second-order valence-corrected chi connectivity index (χ2v) is 7.87. The Balaban J connectivity index is 2.08. The van der Waals surface area contributed by atoms with Crippen molar-refractivity contribution in [3.63, 3.8) is 0 Å². The molecule has 8 nitrogen and oxygen atoms in total. The number of hydrogen-bond donors (Lipinski definition) is 3. The number of amides is 2. The number of halogens is 1. The monoisotopic (exact) mass is 399 g/mol. The maximum Gasteiger partial charge on any atom is 0.305 e. The van der Waals surface area contributed by atoms with E-state index in [0.717, 1.165) is 0 Å². The van der Waals surface area contributed by atoms with Gasteiger partial charge in [0, 0.05) is 5.02 Å². The van der Waals surface area contributed by atoms with Crippen LogP contribution in [0.3, 0.4) is 0 Å². The maximum absolute atomic E-state index is 12.5. The van der Waals surface area contributed by atoms with Gasteiger partial charge in [-0.15, -0.1) is 0 Å². The van der Waals surface area contributed by atoms with Crippen LogP contribution >= 0.6 is 11.6 Å². The quantitative estimate of drug-likeness (QED) is 0.639. The number of benzene rings is 1. The molecule has 2 rings (SSSR count). The summed E-state index contributed by atoms with van der Waals surface area (Å²) in [6.07, 6.45) is 1.31. The smallest absolute Gasteiger partial charge is 0.305 e. The maximum atomic E-state index is 12.5. The van der Waals surface area contributed by atoms with Gasteiger partial charge in [0.15, 0.2) is 5.76 Å². The molecule has 0 fully saturated rings. The molecule has 0 saturated heterocycles. The fraction of sp³-hybridized carbons (Fsp3) is 0.250. The lowest BCUT2D eigenvalue weighted by Gasteiger charge is -2.21. The minimum atomic E-state index is -3.98. The number of rotatable bonds is 6. The number of carbonyl (C=O) groups excluding carboxylic acids is 2. The molecule has 140 valence electrons. The highest BCUT2D eigenvalue weighted by Crippen LogP contribution is 2.16. The van der Waals surface area contributed by atoms with Crippen molar-refractivity contribution in [3.05, 3.63) is 53.4 Å². The van der Waals surface area contributed by atoms with E-state index >= 15 is 0 Å². The van der Waals surface area contributed by atoms with Crippen molar-refractivity contribution in [2.75, 3.05) is 0 Å². The molecule has 2 amide bonds. The zero-order valence-electron chi connectivity index (χ0n) is 14.0. The molecular weight excluding hydrogens is 382 g/mol. The van der Waals surface area contributed by atoms with E-state index in [0.29, 0.717) is 0 Å². The number of furan rings is 1. The minimum absolute atomic E-state index is 0.00547. The van der Waals surface area contributed by atoms with Gasteiger partial charge >= 0.3 is 5.91 Å². The van der Waals surface area contributed by atoms with Gasteiger partial charge < -0.3 is 4.42 Å². The predicted molar refractivity (Wildman–Crippen MR) is 94.7 cm³/mol. The van der Waals surface area contributed by atoms with Crippen molar-refractivity contribution < 1.29 is 22.4 Å². The van der Waals surface area contributed by atoms with Crippen LogP contribution in [0, 0.1) is 5.92 Å². The van der Waals surface area contributed by atoms with Crippen molar-refractivity contribution in [2.24, 2.45) is 5.92 Å². The Morgan fingerprint density at radius 2 is 1.85 bits per heavy atom. The molecule has 0 aliphatic rings. The summed E-state index contributed by atoms with van der Waals surface area (Å²) in [6.45, 7) is 3.33. The van der Waals surface area contributed by atoms with Crippen LogP contribution in [0.4, 0.5) is 0 Å². The molecule has 1 atom stereocenters. The fourth-order valence-corrected chi connectivity index (χ4v) is 3.67. The summed E-state index contributed by atoms with van der Waals surface area (Å²) in [7, 11) is -3.98. The van der Waals surface area contributed by atoms with Crippen LogP contribution in [-0.2, 0) is 14.8 Å².